The molecule has 0 spiro atoms. The minimum atomic E-state index is 0.211. The van der Waals surface area contributed by atoms with E-state index >= 15 is 0 Å². The van der Waals surface area contributed by atoms with Crippen LogP contribution in [0, 0.1) is 20.8 Å². The van der Waals surface area contributed by atoms with Gasteiger partial charge in [-0.25, -0.2) is 15.0 Å². The number of nitrogens with one attached hydrogen (secondary N) is 1. The average molecular weight is 345 g/mol. The minimum Gasteiger partial charge on any atom is -0.303 e. The van der Waals surface area contributed by atoms with Gasteiger partial charge in [0.1, 0.15) is 10.8 Å². The predicted molar refractivity (Wildman–Crippen MR) is 96.0 cm³/mol. The SMILES string of the molecule is Cc1ncc(CNC(Cc2ccsc2)c2nc(C)c(C)s2)cn1. The Bertz CT molecular complexity index is 728. The molecule has 0 aliphatic heterocycles. The van der Waals surface area contributed by atoms with Crippen molar-refractivity contribution in [1.82, 2.24) is 20.3 Å². The number of nitrogens with zero attached hydrogens (tertiary/aromatic N) is 3. The van der Waals surface area contributed by atoms with Crippen molar-refractivity contribution >= 4 is 22.7 Å². The maximum absolute atomic E-state index is 4.75. The Morgan fingerprint density at radius 2 is 1.91 bits per heavy atom. The van der Waals surface area contributed by atoms with Crippen molar-refractivity contribution in [3.8, 4) is 0 Å². The zero-order valence-corrected chi connectivity index (χ0v) is 15.2. The summed E-state index contributed by atoms with van der Waals surface area (Å²) in [7, 11) is 0. The molecule has 0 fully saturated rings. The van der Waals surface area contributed by atoms with Crippen LogP contribution in [-0.4, -0.2) is 15.0 Å². The molecular formula is C17H20N4S2. The monoisotopic (exact) mass is 344 g/mol. The first-order chi connectivity index (χ1) is 11.1. The number of thiazole rings is 1. The van der Waals surface area contributed by atoms with Crippen molar-refractivity contribution in [2.75, 3.05) is 0 Å². The maximum Gasteiger partial charge on any atom is 0.125 e. The third-order valence-electron chi connectivity index (χ3n) is 3.75. The van der Waals surface area contributed by atoms with E-state index in [1.165, 1.54) is 10.4 Å². The topological polar surface area (TPSA) is 50.7 Å². The van der Waals surface area contributed by atoms with Crippen molar-refractivity contribution < 1.29 is 0 Å². The first kappa shape index (κ1) is 16.2. The number of aromatic nitrogens is 3. The van der Waals surface area contributed by atoms with Crippen LogP contribution in [0.4, 0.5) is 0 Å². The van der Waals surface area contributed by atoms with Gasteiger partial charge in [-0.05, 0) is 49.6 Å². The first-order valence-electron chi connectivity index (χ1n) is 7.57. The summed E-state index contributed by atoms with van der Waals surface area (Å²) in [6.07, 6.45) is 4.72. The van der Waals surface area contributed by atoms with E-state index in [0.29, 0.717) is 0 Å². The van der Waals surface area contributed by atoms with Gasteiger partial charge in [-0.1, -0.05) is 0 Å². The van der Waals surface area contributed by atoms with Gasteiger partial charge in [0.2, 0.25) is 0 Å². The van der Waals surface area contributed by atoms with E-state index in [0.717, 1.165) is 35.1 Å². The molecule has 3 rings (SSSR count). The fraction of sp³-hybridized carbons (Fsp3) is 0.353. The van der Waals surface area contributed by atoms with Gasteiger partial charge in [0.15, 0.2) is 0 Å². The van der Waals surface area contributed by atoms with E-state index in [2.05, 4.69) is 46.0 Å². The first-order valence-corrected chi connectivity index (χ1v) is 9.33. The Labute approximate surface area is 144 Å². The molecule has 3 aromatic rings. The number of hydrogen-bond donors (Lipinski definition) is 1. The van der Waals surface area contributed by atoms with E-state index < -0.39 is 0 Å². The average Bonchev–Trinajstić information content (AvgIpc) is 3.16. The van der Waals surface area contributed by atoms with Crippen LogP contribution in [0.1, 0.15) is 38.6 Å². The summed E-state index contributed by atoms with van der Waals surface area (Å²) in [6.45, 7) is 6.85. The van der Waals surface area contributed by atoms with E-state index in [1.54, 1.807) is 22.7 Å². The molecule has 1 N–H and O–H groups in total. The highest BCUT2D eigenvalue weighted by atomic mass is 32.1. The van der Waals surface area contributed by atoms with Crippen LogP contribution in [0.2, 0.25) is 0 Å². The Morgan fingerprint density at radius 3 is 2.52 bits per heavy atom. The van der Waals surface area contributed by atoms with Gasteiger partial charge in [-0.15, -0.1) is 11.3 Å². The highest BCUT2D eigenvalue weighted by Crippen LogP contribution is 2.26. The lowest BCUT2D eigenvalue weighted by Gasteiger charge is -2.16. The molecule has 23 heavy (non-hydrogen) atoms. The Balaban J connectivity index is 1.75. The standard InChI is InChI=1S/C17H20N4S2/c1-11-12(2)23-17(21-11)16(6-14-4-5-22-10-14)20-9-15-7-18-13(3)19-8-15/h4-5,7-8,10,16,20H,6,9H2,1-3H3. The molecule has 0 saturated heterocycles. The quantitative estimate of drug-likeness (QED) is 0.734. The van der Waals surface area contributed by atoms with E-state index in [-0.39, 0.29) is 6.04 Å². The Kier molecular flexibility index (Phi) is 5.15. The zero-order chi connectivity index (χ0) is 16.2. The summed E-state index contributed by atoms with van der Waals surface area (Å²) in [6, 6.07) is 2.39. The van der Waals surface area contributed by atoms with Gasteiger partial charge in [-0.3, -0.25) is 0 Å². The molecule has 4 nitrogen and oxygen atoms in total. The van der Waals surface area contributed by atoms with E-state index in [1.807, 2.05) is 19.3 Å². The number of rotatable bonds is 6. The van der Waals surface area contributed by atoms with E-state index in [4.69, 9.17) is 4.98 Å². The number of hydrogen-bond acceptors (Lipinski definition) is 6. The van der Waals surface area contributed by atoms with Crippen LogP contribution in [0.5, 0.6) is 0 Å². The summed E-state index contributed by atoms with van der Waals surface area (Å²) in [5, 5.41) is 9.10. The summed E-state index contributed by atoms with van der Waals surface area (Å²) < 4.78 is 0. The molecule has 0 amide bonds. The van der Waals surface area contributed by atoms with Crippen LogP contribution in [0.25, 0.3) is 0 Å². The van der Waals surface area contributed by atoms with Crippen molar-refractivity contribution in [2.45, 2.75) is 39.8 Å². The molecule has 1 unspecified atom stereocenters. The fourth-order valence-corrected chi connectivity index (χ4v) is 3.97. The number of aryl methyl sites for hydroxylation is 3. The lowest BCUT2D eigenvalue weighted by Crippen LogP contribution is -2.23. The van der Waals surface area contributed by atoms with Gasteiger partial charge in [0.05, 0.1) is 11.7 Å². The smallest absolute Gasteiger partial charge is 0.125 e. The van der Waals surface area contributed by atoms with Crippen LogP contribution < -0.4 is 5.32 Å². The molecule has 0 radical (unpaired) electrons. The van der Waals surface area contributed by atoms with Crippen molar-refractivity contribution in [3.05, 3.63) is 61.8 Å². The molecule has 0 aromatic carbocycles. The zero-order valence-electron chi connectivity index (χ0n) is 13.5. The molecule has 1 atom stereocenters. The molecule has 0 bridgehead atoms. The van der Waals surface area contributed by atoms with Crippen LogP contribution in [-0.2, 0) is 13.0 Å². The van der Waals surface area contributed by atoms with Gasteiger partial charge < -0.3 is 5.32 Å². The third kappa shape index (κ3) is 4.22. The maximum atomic E-state index is 4.75. The van der Waals surface area contributed by atoms with Crippen molar-refractivity contribution in [3.63, 3.8) is 0 Å². The second kappa shape index (κ2) is 7.29. The summed E-state index contributed by atoms with van der Waals surface area (Å²) in [5.41, 5.74) is 3.56. The number of thiophene rings is 1. The molecule has 6 heteroatoms. The second-order valence-electron chi connectivity index (χ2n) is 5.60. The third-order valence-corrected chi connectivity index (χ3v) is 5.67. The highest BCUT2D eigenvalue weighted by Gasteiger charge is 2.17. The Morgan fingerprint density at radius 1 is 1.13 bits per heavy atom. The summed E-state index contributed by atoms with van der Waals surface area (Å²) in [4.78, 5) is 14.6. The molecule has 3 aromatic heterocycles. The fourth-order valence-electron chi connectivity index (χ4n) is 2.29. The lowest BCUT2D eigenvalue weighted by atomic mass is 10.1. The molecule has 120 valence electrons. The molecule has 0 aliphatic carbocycles. The normalized spacial score (nSPS) is 12.5. The lowest BCUT2D eigenvalue weighted by molar-refractivity contribution is 0.526. The van der Waals surface area contributed by atoms with Crippen LogP contribution >= 0.6 is 22.7 Å². The highest BCUT2D eigenvalue weighted by molar-refractivity contribution is 7.11. The van der Waals surface area contributed by atoms with Crippen molar-refractivity contribution in [1.29, 1.82) is 0 Å². The minimum absolute atomic E-state index is 0.211. The summed E-state index contributed by atoms with van der Waals surface area (Å²) in [5.74, 6) is 0.801. The molecule has 0 saturated carbocycles. The van der Waals surface area contributed by atoms with Gasteiger partial charge in [0, 0.05) is 29.4 Å². The molecule has 0 aliphatic rings. The van der Waals surface area contributed by atoms with Crippen LogP contribution in [0.15, 0.2) is 29.2 Å². The second-order valence-corrected chi connectivity index (χ2v) is 7.62. The van der Waals surface area contributed by atoms with Gasteiger partial charge in [0.25, 0.3) is 0 Å². The largest absolute Gasteiger partial charge is 0.303 e. The Hall–Kier alpha value is -1.63. The van der Waals surface area contributed by atoms with E-state index in [9.17, 15) is 0 Å². The predicted octanol–water partition coefficient (Wildman–Crippen LogP) is 3.99. The summed E-state index contributed by atoms with van der Waals surface area (Å²) >= 11 is 3.52. The van der Waals surface area contributed by atoms with Crippen LogP contribution in [0.3, 0.4) is 0 Å². The van der Waals surface area contributed by atoms with Gasteiger partial charge >= 0.3 is 0 Å². The molecular weight excluding hydrogens is 324 g/mol. The van der Waals surface area contributed by atoms with Crippen molar-refractivity contribution in [2.24, 2.45) is 0 Å². The van der Waals surface area contributed by atoms with Gasteiger partial charge in [-0.2, -0.15) is 11.3 Å². The molecule has 3 heterocycles.